The van der Waals surface area contributed by atoms with Crippen LogP contribution in [-0.2, 0) is 10.3 Å². The van der Waals surface area contributed by atoms with Crippen molar-refractivity contribution in [3.05, 3.63) is 18.1 Å². The lowest BCUT2D eigenvalue weighted by molar-refractivity contribution is 0.00943. The van der Waals surface area contributed by atoms with Crippen LogP contribution in [0.4, 0.5) is 5.82 Å². The molecule has 1 atom stereocenters. The van der Waals surface area contributed by atoms with Crippen molar-refractivity contribution < 1.29 is 4.74 Å². The molecule has 1 aliphatic heterocycles. The SMILES string of the molecule is CCNc1ccnc(C2(C)CCCO2)n1. The highest BCUT2D eigenvalue weighted by molar-refractivity contribution is 5.33. The predicted molar refractivity (Wildman–Crippen MR) is 58.7 cm³/mol. The van der Waals surface area contributed by atoms with E-state index in [9.17, 15) is 0 Å². The third kappa shape index (κ3) is 2.09. The minimum atomic E-state index is -0.286. The Morgan fingerprint density at radius 2 is 2.47 bits per heavy atom. The largest absolute Gasteiger partial charge is 0.370 e. The van der Waals surface area contributed by atoms with E-state index in [4.69, 9.17) is 4.74 Å². The second-order valence-corrected chi connectivity index (χ2v) is 3.98. The number of ether oxygens (including phenoxy) is 1. The summed E-state index contributed by atoms with van der Waals surface area (Å²) in [4.78, 5) is 8.77. The van der Waals surface area contributed by atoms with E-state index in [1.807, 2.05) is 6.07 Å². The van der Waals surface area contributed by atoms with Gasteiger partial charge in [-0.25, -0.2) is 9.97 Å². The summed E-state index contributed by atoms with van der Waals surface area (Å²) in [6.07, 6.45) is 3.88. The standard InChI is InChI=1S/C11H17N3O/c1-3-12-9-5-7-13-10(14-9)11(2)6-4-8-15-11/h5,7H,3-4,6,8H2,1-2H3,(H,12,13,14). The summed E-state index contributed by atoms with van der Waals surface area (Å²) >= 11 is 0. The molecule has 0 aliphatic carbocycles. The minimum absolute atomic E-state index is 0.286. The van der Waals surface area contributed by atoms with Crippen LogP contribution in [0.2, 0.25) is 0 Å². The fraction of sp³-hybridized carbons (Fsp3) is 0.636. The molecule has 0 saturated carbocycles. The Kier molecular flexibility index (Phi) is 2.86. The van der Waals surface area contributed by atoms with Crippen LogP contribution in [0.25, 0.3) is 0 Å². The Labute approximate surface area is 90.1 Å². The average molecular weight is 207 g/mol. The Morgan fingerprint density at radius 1 is 1.60 bits per heavy atom. The molecule has 1 aromatic heterocycles. The molecule has 4 heteroatoms. The van der Waals surface area contributed by atoms with Crippen LogP contribution in [-0.4, -0.2) is 23.1 Å². The first-order valence-corrected chi connectivity index (χ1v) is 5.46. The van der Waals surface area contributed by atoms with Gasteiger partial charge in [-0.15, -0.1) is 0 Å². The van der Waals surface area contributed by atoms with E-state index in [2.05, 4.69) is 29.1 Å². The van der Waals surface area contributed by atoms with Crippen molar-refractivity contribution in [1.82, 2.24) is 9.97 Å². The van der Waals surface area contributed by atoms with Crippen LogP contribution in [0.3, 0.4) is 0 Å². The Hall–Kier alpha value is -1.16. The van der Waals surface area contributed by atoms with Crippen LogP contribution < -0.4 is 5.32 Å². The first-order valence-electron chi connectivity index (χ1n) is 5.46. The number of rotatable bonds is 3. The number of aromatic nitrogens is 2. The van der Waals surface area contributed by atoms with Gasteiger partial charge in [-0.1, -0.05) is 0 Å². The Balaban J connectivity index is 2.23. The minimum Gasteiger partial charge on any atom is -0.370 e. The van der Waals surface area contributed by atoms with Gasteiger partial charge in [0.2, 0.25) is 0 Å². The monoisotopic (exact) mass is 207 g/mol. The maximum atomic E-state index is 5.71. The highest BCUT2D eigenvalue weighted by atomic mass is 16.5. The van der Waals surface area contributed by atoms with E-state index in [-0.39, 0.29) is 5.60 Å². The van der Waals surface area contributed by atoms with E-state index in [1.165, 1.54) is 0 Å². The van der Waals surface area contributed by atoms with E-state index in [0.29, 0.717) is 0 Å². The maximum Gasteiger partial charge on any atom is 0.162 e. The summed E-state index contributed by atoms with van der Waals surface area (Å²) < 4.78 is 5.71. The van der Waals surface area contributed by atoms with Crippen molar-refractivity contribution >= 4 is 5.82 Å². The van der Waals surface area contributed by atoms with Gasteiger partial charge in [-0.2, -0.15) is 0 Å². The third-order valence-electron chi connectivity index (χ3n) is 2.71. The smallest absolute Gasteiger partial charge is 0.162 e. The lowest BCUT2D eigenvalue weighted by Crippen LogP contribution is -2.23. The van der Waals surface area contributed by atoms with Gasteiger partial charge in [0.05, 0.1) is 0 Å². The zero-order chi connectivity index (χ0) is 10.7. The molecular weight excluding hydrogens is 190 g/mol. The summed E-state index contributed by atoms with van der Waals surface area (Å²) in [6, 6.07) is 1.88. The second-order valence-electron chi connectivity index (χ2n) is 3.98. The van der Waals surface area contributed by atoms with Crippen molar-refractivity contribution in [1.29, 1.82) is 0 Å². The number of nitrogens with one attached hydrogen (secondary N) is 1. The summed E-state index contributed by atoms with van der Waals surface area (Å²) in [5.41, 5.74) is -0.286. The Morgan fingerprint density at radius 3 is 3.13 bits per heavy atom. The molecule has 1 fully saturated rings. The van der Waals surface area contributed by atoms with Gasteiger partial charge < -0.3 is 10.1 Å². The van der Waals surface area contributed by atoms with Crippen LogP contribution in [0.1, 0.15) is 32.5 Å². The summed E-state index contributed by atoms with van der Waals surface area (Å²) in [5, 5.41) is 3.18. The molecule has 2 heterocycles. The van der Waals surface area contributed by atoms with Gasteiger partial charge in [-0.3, -0.25) is 0 Å². The summed E-state index contributed by atoms with van der Waals surface area (Å²) in [6.45, 7) is 5.79. The molecule has 0 radical (unpaired) electrons. The summed E-state index contributed by atoms with van der Waals surface area (Å²) in [7, 11) is 0. The molecule has 4 nitrogen and oxygen atoms in total. The predicted octanol–water partition coefficient (Wildman–Crippen LogP) is 1.93. The van der Waals surface area contributed by atoms with Gasteiger partial charge in [0, 0.05) is 19.3 Å². The van der Waals surface area contributed by atoms with Crippen LogP contribution >= 0.6 is 0 Å². The molecule has 0 aromatic carbocycles. The lowest BCUT2D eigenvalue weighted by atomic mass is 10.0. The fourth-order valence-electron chi connectivity index (χ4n) is 1.85. The highest BCUT2D eigenvalue weighted by Gasteiger charge is 2.34. The molecule has 0 amide bonds. The highest BCUT2D eigenvalue weighted by Crippen LogP contribution is 2.33. The fourth-order valence-corrected chi connectivity index (χ4v) is 1.85. The first kappa shape index (κ1) is 10.4. The van der Waals surface area contributed by atoms with Gasteiger partial charge in [0.25, 0.3) is 0 Å². The van der Waals surface area contributed by atoms with Crippen LogP contribution in [0, 0.1) is 0 Å². The normalized spacial score (nSPS) is 25.5. The Bertz CT molecular complexity index is 334. The van der Waals surface area contributed by atoms with Crippen molar-refractivity contribution in [3.8, 4) is 0 Å². The van der Waals surface area contributed by atoms with Crippen molar-refractivity contribution in [2.24, 2.45) is 0 Å². The number of hydrogen-bond acceptors (Lipinski definition) is 4. The van der Waals surface area contributed by atoms with Gasteiger partial charge in [0.15, 0.2) is 5.82 Å². The van der Waals surface area contributed by atoms with E-state index in [0.717, 1.165) is 37.6 Å². The molecular formula is C11H17N3O. The van der Waals surface area contributed by atoms with Crippen molar-refractivity contribution in [2.45, 2.75) is 32.3 Å². The number of nitrogens with zero attached hydrogens (tertiary/aromatic N) is 2. The van der Waals surface area contributed by atoms with Crippen molar-refractivity contribution in [3.63, 3.8) is 0 Å². The topological polar surface area (TPSA) is 47.0 Å². The molecule has 0 bridgehead atoms. The molecule has 0 spiro atoms. The lowest BCUT2D eigenvalue weighted by Gasteiger charge is -2.21. The molecule has 1 saturated heterocycles. The van der Waals surface area contributed by atoms with Gasteiger partial charge in [0.1, 0.15) is 11.4 Å². The zero-order valence-electron chi connectivity index (χ0n) is 9.29. The molecule has 15 heavy (non-hydrogen) atoms. The maximum absolute atomic E-state index is 5.71. The average Bonchev–Trinajstić information content (AvgIpc) is 2.68. The van der Waals surface area contributed by atoms with Gasteiger partial charge >= 0.3 is 0 Å². The molecule has 2 rings (SSSR count). The molecule has 1 aliphatic rings. The van der Waals surface area contributed by atoms with Crippen molar-refractivity contribution in [2.75, 3.05) is 18.5 Å². The molecule has 1 aromatic rings. The number of anilines is 1. The van der Waals surface area contributed by atoms with E-state index in [1.54, 1.807) is 6.20 Å². The van der Waals surface area contributed by atoms with Crippen LogP contribution in [0.5, 0.6) is 0 Å². The molecule has 82 valence electrons. The van der Waals surface area contributed by atoms with Gasteiger partial charge in [-0.05, 0) is 32.8 Å². The number of hydrogen-bond donors (Lipinski definition) is 1. The molecule has 1 N–H and O–H groups in total. The second kappa shape index (κ2) is 4.14. The quantitative estimate of drug-likeness (QED) is 0.822. The molecule has 1 unspecified atom stereocenters. The zero-order valence-corrected chi connectivity index (χ0v) is 9.29. The van der Waals surface area contributed by atoms with Crippen LogP contribution in [0.15, 0.2) is 12.3 Å². The van der Waals surface area contributed by atoms with E-state index < -0.39 is 0 Å². The summed E-state index contributed by atoms with van der Waals surface area (Å²) in [5.74, 6) is 1.66. The first-order chi connectivity index (χ1) is 7.24. The van der Waals surface area contributed by atoms with E-state index >= 15 is 0 Å². The third-order valence-corrected chi connectivity index (χ3v) is 2.71.